The second-order valence-corrected chi connectivity index (χ2v) is 4.25. The number of allylic oxidation sites excluding steroid dienone is 5. The molecule has 1 aliphatic heterocycles. The molecular formula is C14H21NO3. The molecule has 0 aliphatic carbocycles. The molecular weight excluding hydrogens is 230 g/mol. The zero-order chi connectivity index (χ0) is 13.4. The first-order chi connectivity index (χ1) is 8.65. The van der Waals surface area contributed by atoms with Crippen molar-refractivity contribution in [1.29, 1.82) is 0 Å². The average Bonchev–Trinajstić information content (AvgIpc) is 2.39. The van der Waals surface area contributed by atoms with Crippen LogP contribution in [-0.2, 0) is 9.53 Å². The summed E-state index contributed by atoms with van der Waals surface area (Å²) in [4.78, 5) is 10.5. The lowest BCUT2D eigenvalue weighted by Gasteiger charge is -2.21. The van der Waals surface area contributed by atoms with Crippen LogP contribution in [0.2, 0.25) is 0 Å². The number of rotatable bonds is 6. The largest absolute Gasteiger partial charge is 0.489 e. The Morgan fingerprint density at radius 3 is 3.00 bits per heavy atom. The summed E-state index contributed by atoms with van der Waals surface area (Å²) >= 11 is 0. The Morgan fingerprint density at radius 1 is 1.61 bits per heavy atom. The van der Waals surface area contributed by atoms with Crippen molar-refractivity contribution in [2.24, 2.45) is 5.73 Å². The smallest absolute Gasteiger partial charge is 0.303 e. The number of carboxylic acids is 1. The molecule has 0 aromatic carbocycles. The van der Waals surface area contributed by atoms with Gasteiger partial charge in [-0.1, -0.05) is 17.7 Å². The molecule has 0 radical (unpaired) electrons. The van der Waals surface area contributed by atoms with E-state index < -0.39 is 5.97 Å². The zero-order valence-corrected chi connectivity index (χ0v) is 10.8. The summed E-state index contributed by atoms with van der Waals surface area (Å²) in [6.45, 7) is 2.43. The first-order valence-corrected chi connectivity index (χ1v) is 6.27. The highest BCUT2D eigenvalue weighted by Gasteiger charge is 2.12. The van der Waals surface area contributed by atoms with Gasteiger partial charge in [-0.15, -0.1) is 0 Å². The number of carboxylic acid groups (broad SMARTS) is 1. The van der Waals surface area contributed by atoms with Crippen LogP contribution < -0.4 is 5.73 Å². The molecule has 0 fully saturated rings. The SMILES string of the molecule is C/C=C(\C=C/C1=CCCC(CN)O1)CCC(=O)O. The number of aliphatic carboxylic acids is 1. The van der Waals surface area contributed by atoms with E-state index in [0.29, 0.717) is 13.0 Å². The lowest BCUT2D eigenvalue weighted by Crippen LogP contribution is -2.25. The van der Waals surface area contributed by atoms with E-state index in [1.165, 1.54) is 0 Å². The summed E-state index contributed by atoms with van der Waals surface area (Å²) in [6, 6.07) is 0. The zero-order valence-electron chi connectivity index (χ0n) is 10.8. The topological polar surface area (TPSA) is 72.5 Å². The summed E-state index contributed by atoms with van der Waals surface area (Å²) in [5.74, 6) is 0.0467. The van der Waals surface area contributed by atoms with Crippen molar-refractivity contribution in [2.75, 3.05) is 6.54 Å². The van der Waals surface area contributed by atoms with Gasteiger partial charge in [-0.3, -0.25) is 4.79 Å². The van der Waals surface area contributed by atoms with Crippen molar-refractivity contribution in [3.8, 4) is 0 Å². The minimum atomic E-state index is -0.779. The van der Waals surface area contributed by atoms with Crippen molar-refractivity contribution in [3.05, 3.63) is 35.6 Å². The summed E-state index contributed by atoms with van der Waals surface area (Å²) in [5, 5.41) is 8.64. The molecule has 4 heteroatoms. The van der Waals surface area contributed by atoms with E-state index in [1.54, 1.807) is 0 Å². The molecule has 4 nitrogen and oxygen atoms in total. The van der Waals surface area contributed by atoms with Gasteiger partial charge in [0, 0.05) is 13.0 Å². The van der Waals surface area contributed by atoms with Gasteiger partial charge in [0.25, 0.3) is 0 Å². The Morgan fingerprint density at radius 2 is 2.39 bits per heavy atom. The number of carbonyl (C=O) groups is 1. The molecule has 1 rings (SSSR count). The average molecular weight is 251 g/mol. The molecule has 0 saturated carbocycles. The van der Waals surface area contributed by atoms with E-state index in [9.17, 15) is 4.79 Å². The minimum absolute atomic E-state index is 0.0997. The van der Waals surface area contributed by atoms with Gasteiger partial charge in [0.2, 0.25) is 0 Å². The molecule has 1 atom stereocenters. The van der Waals surface area contributed by atoms with E-state index in [0.717, 1.165) is 24.2 Å². The highest BCUT2D eigenvalue weighted by Crippen LogP contribution is 2.18. The van der Waals surface area contributed by atoms with Gasteiger partial charge < -0.3 is 15.6 Å². The summed E-state index contributed by atoms with van der Waals surface area (Å²) in [7, 11) is 0. The van der Waals surface area contributed by atoms with Gasteiger partial charge in [-0.2, -0.15) is 0 Å². The van der Waals surface area contributed by atoms with Crippen LogP contribution in [-0.4, -0.2) is 23.7 Å². The molecule has 100 valence electrons. The first-order valence-electron chi connectivity index (χ1n) is 6.27. The molecule has 0 aromatic rings. The van der Waals surface area contributed by atoms with Crippen molar-refractivity contribution in [1.82, 2.24) is 0 Å². The third-order valence-corrected chi connectivity index (χ3v) is 2.86. The van der Waals surface area contributed by atoms with Crippen LogP contribution in [0.5, 0.6) is 0 Å². The van der Waals surface area contributed by atoms with Crippen LogP contribution >= 0.6 is 0 Å². The van der Waals surface area contributed by atoms with Crippen LogP contribution in [0.25, 0.3) is 0 Å². The molecule has 3 N–H and O–H groups in total. The lowest BCUT2D eigenvalue weighted by atomic mass is 10.1. The molecule has 0 aromatic heterocycles. The fourth-order valence-electron chi connectivity index (χ4n) is 1.75. The molecule has 0 spiro atoms. The monoisotopic (exact) mass is 251 g/mol. The Balaban J connectivity index is 2.51. The van der Waals surface area contributed by atoms with Crippen LogP contribution in [0, 0.1) is 0 Å². The van der Waals surface area contributed by atoms with E-state index in [4.69, 9.17) is 15.6 Å². The Bertz CT molecular complexity index is 369. The molecule has 0 saturated heterocycles. The van der Waals surface area contributed by atoms with E-state index in [-0.39, 0.29) is 12.5 Å². The predicted octanol–water partition coefficient (Wildman–Crippen LogP) is 2.38. The summed E-state index contributed by atoms with van der Waals surface area (Å²) in [5.41, 5.74) is 6.57. The van der Waals surface area contributed by atoms with Gasteiger partial charge in [0.1, 0.15) is 11.9 Å². The quantitative estimate of drug-likeness (QED) is 0.711. The molecule has 0 amide bonds. The number of nitrogens with two attached hydrogens (primary N) is 1. The van der Waals surface area contributed by atoms with Crippen molar-refractivity contribution < 1.29 is 14.6 Å². The standard InChI is InChI=1S/C14H21NO3/c1-2-11(7-9-14(16)17)6-8-12-4-3-5-13(10-15)18-12/h2,4,6,8,13H,3,5,7,9-10,15H2,1H3,(H,16,17)/b8-6-,11-2+. The first kappa shape index (κ1) is 14.5. The Labute approximate surface area is 108 Å². The lowest BCUT2D eigenvalue weighted by molar-refractivity contribution is -0.136. The van der Waals surface area contributed by atoms with Gasteiger partial charge in [-0.05, 0) is 38.3 Å². The van der Waals surface area contributed by atoms with Crippen LogP contribution in [0.15, 0.2) is 35.6 Å². The van der Waals surface area contributed by atoms with E-state index >= 15 is 0 Å². The van der Waals surface area contributed by atoms with Gasteiger partial charge in [0.05, 0.1) is 0 Å². The second-order valence-electron chi connectivity index (χ2n) is 4.25. The maximum atomic E-state index is 10.5. The number of hydrogen-bond donors (Lipinski definition) is 2. The number of hydrogen-bond acceptors (Lipinski definition) is 3. The van der Waals surface area contributed by atoms with Gasteiger partial charge in [-0.25, -0.2) is 0 Å². The second kappa shape index (κ2) is 7.71. The molecule has 1 aliphatic rings. The predicted molar refractivity (Wildman–Crippen MR) is 71.0 cm³/mol. The molecule has 1 heterocycles. The third kappa shape index (κ3) is 5.19. The Kier molecular flexibility index (Phi) is 6.22. The fourth-order valence-corrected chi connectivity index (χ4v) is 1.75. The van der Waals surface area contributed by atoms with Crippen molar-refractivity contribution in [3.63, 3.8) is 0 Å². The maximum Gasteiger partial charge on any atom is 0.303 e. The molecule has 1 unspecified atom stereocenters. The van der Waals surface area contributed by atoms with Crippen LogP contribution in [0.1, 0.15) is 32.6 Å². The normalized spacial score (nSPS) is 20.7. The molecule has 0 bridgehead atoms. The maximum absolute atomic E-state index is 10.5. The van der Waals surface area contributed by atoms with Crippen LogP contribution in [0.4, 0.5) is 0 Å². The highest BCUT2D eigenvalue weighted by molar-refractivity contribution is 5.67. The van der Waals surface area contributed by atoms with E-state index in [2.05, 4.69) is 0 Å². The Hall–Kier alpha value is -1.55. The number of ether oxygens (including phenoxy) is 1. The summed E-state index contributed by atoms with van der Waals surface area (Å²) in [6.07, 6.45) is 10.5. The molecule has 18 heavy (non-hydrogen) atoms. The van der Waals surface area contributed by atoms with Gasteiger partial charge >= 0.3 is 5.97 Å². The minimum Gasteiger partial charge on any atom is -0.489 e. The van der Waals surface area contributed by atoms with Crippen molar-refractivity contribution >= 4 is 5.97 Å². The highest BCUT2D eigenvalue weighted by atomic mass is 16.5. The van der Waals surface area contributed by atoms with Gasteiger partial charge in [0.15, 0.2) is 0 Å². The van der Waals surface area contributed by atoms with E-state index in [1.807, 2.05) is 31.2 Å². The van der Waals surface area contributed by atoms with Crippen molar-refractivity contribution in [2.45, 2.75) is 38.7 Å². The van der Waals surface area contributed by atoms with Crippen LogP contribution in [0.3, 0.4) is 0 Å². The third-order valence-electron chi connectivity index (χ3n) is 2.86. The summed E-state index contributed by atoms with van der Waals surface area (Å²) < 4.78 is 5.66. The fraction of sp³-hybridized carbons (Fsp3) is 0.500.